The predicted molar refractivity (Wildman–Crippen MR) is 119 cm³/mol. The molecule has 0 radical (unpaired) electrons. The van der Waals surface area contributed by atoms with E-state index in [1.165, 1.54) is 17.0 Å². The van der Waals surface area contributed by atoms with Gasteiger partial charge < -0.3 is 30.5 Å². The molecule has 2 unspecified atom stereocenters. The summed E-state index contributed by atoms with van der Waals surface area (Å²) in [6.07, 6.45) is 1.45. The summed E-state index contributed by atoms with van der Waals surface area (Å²) in [4.78, 5) is 40.4. The Kier molecular flexibility index (Phi) is 8.49. The molecule has 9 nitrogen and oxygen atoms in total. The Balaban J connectivity index is 2.41. The summed E-state index contributed by atoms with van der Waals surface area (Å²) in [5.74, 6) is -1.02. The number of amides is 3. The van der Waals surface area contributed by atoms with Gasteiger partial charge >= 0.3 is 6.09 Å². The highest BCUT2D eigenvalue weighted by Gasteiger charge is 2.42. The number of phenols is 1. The van der Waals surface area contributed by atoms with Gasteiger partial charge in [0.15, 0.2) is 0 Å². The van der Waals surface area contributed by atoms with Crippen LogP contribution in [0.4, 0.5) is 4.79 Å². The topological polar surface area (TPSA) is 128 Å². The molecule has 1 fully saturated rings. The normalized spacial score (nSPS) is 16.0. The number of aliphatic hydroxyl groups excluding tert-OH is 1. The summed E-state index contributed by atoms with van der Waals surface area (Å²) in [5.41, 5.74) is -0.334. The molecule has 0 spiro atoms. The standard InChI is InChI=1S/C23H35N3O6/c1-14(2)24-20(29)19(15-8-6-11-17(28)12-15)26(16-9-7-10-16)21(30)18(13-27)25-22(31)32-23(3,4)5/h6,8,11-12,14,16,18-19,27-28H,7,9-10,13H2,1-5H3,(H,24,29)(H,25,31). The number of hydrogen-bond acceptors (Lipinski definition) is 6. The minimum absolute atomic E-state index is 0.0311. The van der Waals surface area contributed by atoms with Crippen molar-refractivity contribution in [2.45, 2.75) is 83.6 Å². The number of carbonyl (C=O) groups excluding carboxylic acids is 3. The molecule has 3 amide bonds. The highest BCUT2D eigenvalue weighted by Crippen LogP contribution is 2.34. The van der Waals surface area contributed by atoms with E-state index in [2.05, 4.69) is 10.6 Å². The van der Waals surface area contributed by atoms with Gasteiger partial charge in [0.1, 0.15) is 23.4 Å². The molecular weight excluding hydrogens is 414 g/mol. The molecular formula is C23H35N3O6. The summed E-state index contributed by atoms with van der Waals surface area (Å²) < 4.78 is 5.22. The molecule has 1 aliphatic carbocycles. The average molecular weight is 450 g/mol. The minimum Gasteiger partial charge on any atom is -0.508 e. The molecule has 178 valence electrons. The monoisotopic (exact) mass is 449 g/mol. The number of nitrogens with one attached hydrogen (secondary N) is 2. The smallest absolute Gasteiger partial charge is 0.408 e. The van der Waals surface area contributed by atoms with E-state index in [-0.39, 0.29) is 17.8 Å². The zero-order chi connectivity index (χ0) is 24.1. The van der Waals surface area contributed by atoms with Crippen LogP contribution in [0.2, 0.25) is 0 Å². The second-order valence-electron chi connectivity index (χ2n) is 9.37. The third-order valence-electron chi connectivity index (χ3n) is 5.04. The Hall–Kier alpha value is -2.81. The van der Waals surface area contributed by atoms with Crippen LogP contribution in [0, 0.1) is 0 Å². The molecule has 0 saturated heterocycles. The largest absolute Gasteiger partial charge is 0.508 e. The molecule has 9 heteroatoms. The maximum atomic E-state index is 13.6. The molecule has 1 aromatic rings. The highest BCUT2D eigenvalue weighted by molar-refractivity contribution is 5.92. The first-order chi connectivity index (χ1) is 14.9. The fraction of sp³-hybridized carbons (Fsp3) is 0.609. The lowest BCUT2D eigenvalue weighted by atomic mass is 9.88. The summed E-state index contributed by atoms with van der Waals surface area (Å²) in [7, 11) is 0. The fourth-order valence-electron chi connectivity index (χ4n) is 3.49. The van der Waals surface area contributed by atoms with Gasteiger partial charge in [0.25, 0.3) is 0 Å². The van der Waals surface area contributed by atoms with Gasteiger partial charge in [0, 0.05) is 12.1 Å². The molecule has 2 atom stereocenters. The number of aromatic hydroxyl groups is 1. The van der Waals surface area contributed by atoms with Gasteiger partial charge in [-0.2, -0.15) is 0 Å². The number of aliphatic hydroxyl groups is 1. The molecule has 0 heterocycles. The minimum atomic E-state index is -1.28. The predicted octanol–water partition coefficient (Wildman–Crippen LogP) is 2.22. The molecule has 32 heavy (non-hydrogen) atoms. The SMILES string of the molecule is CC(C)NC(=O)C(c1cccc(O)c1)N(C(=O)C(CO)NC(=O)OC(C)(C)C)C1CCC1. The zero-order valence-corrected chi connectivity index (χ0v) is 19.4. The van der Waals surface area contributed by atoms with Crippen LogP contribution in [0.1, 0.15) is 65.5 Å². The van der Waals surface area contributed by atoms with Gasteiger partial charge in [0.05, 0.1) is 6.61 Å². The number of carbonyl (C=O) groups is 3. The molecule has 1 aliphatic rings. The van der Waals surface area contributed by atoms with E-state index in [1.807, 2.05) is 13.8 Å². The lowest BCUT2D eigenvalue weighted by Crippen LogP contribution is -2.58. The second kappa shape index (κ2) is 10.7. The van der Waals surface area contributed by atoms with Crippen LogP contribution in [-0.2, 0) is 14.3 Å². The van der Waals surface area contributed by atoms with Gasteiger partial charge in [-0.25, -0.2) is 4.79 Å². The van der Waals surface area contributed by atoms with Gasteiger partial charge in [-0.15, -0.1) is 0 Å². The molecule has 1 aromatic carbocycles. The van der Waals surface area contributed by atoms with Gasteiger partial charge in [-0.05, 0) is 71.6 Å². The van der Waals surface area contributed by atoms with Crippen LogP contribution in [-0.4, -0.2) is 63.4 Å². The Morgan fingerprint density at radius 3 is 2.31 bits per heavy atom. The van der Waals surface area contributed by atoms with Crippen molar-refractivity contribution < 1.29 is 29.3 Å². The first-order valence-electron chi connectivity index (χ1n) is 10.9. The number of benzene rings is 1. The van der Waals surface area contributed by atoms with E-state index in [0.717, 1.165) is 6.42 Å². The third-order valence-corrected chi connectivity index (χ3v) is 5.04. The Bertz CT molecular complexity index is 816. The van der Waals surface area contributed by atoms with Crippen molar-refractivity contribution >= 4 is 17.9 Å². The van der Waals surface area contributed by atoms with Crippen LogP contribution in [0.15, 0.2) is 24.3 Å². The van der Waals surface area contributed by atoms with E-state index in [1.54, 1.807) is 32.9 Å². The number of ether oxygens (including phenoxy) is 1. The third kappa shape index (κ3) is 6.85. The number of alkyl carbamates (subject to hydrolysis) is 1. The number of nitrogens with zero attached hydrogens (tertiary/aromatic N) is 1. The molecule has 0 aromatic heterocycles. The van der Waals surface area contributed by atoms with Gasteiger partial charge in [-0.3, -0.25) is 9.59 Å². The van der Waals surface area contributed by atoms with Crippen LogP contribution in [0.3, 0.4) is 0 Å². The lowest BCUT2D eigenvalue weighted by molar-refractivity contribution is -0.148. The highest BCUT2D eigenvalue weighted by atomic mass is 16.6. The van der Waals surface area contributed by atoms with E-state index in [9.17, 15) is 24.6 Å². The first kappa shape index (κ1) is 25.5. The Morgan fingerprint density at radius 2 is 1.84 bits per heavy atom. The first-order valence-corrected chi connectivity index (χ1v) is 10.9. The maximum absolute atomic E-state index is 13.6. The summed E-state index contributed by atoms with van der Waals surface area (Å²) in [5, 5.41) is 25.1. The Labute approximate surface area is 189 Å². The van der Waals surface area contributed by atoms with Crippen molar-refractivity contribution in [3.8, 4) is 5.75 Å². The van der Waals surface area contributed by atoms with Crippen molar-refractivity contribution in [3.63, 3.8) is 0 Å². The van der Waals surface area contributed by atoms with Crippen LogP contribution < -0.4 is 10.6 Å². The van der Waals surface area contributed by atoms with Crippen molar-refractivity contribution in [2.24, 2.45) is 0 Å². The number of hydrogen-bond donors (Lipinski definition) is 4. The lowest BCUT2D eigenvalue weighted by Gasteiger charge is -2.43. The molecule has 0 bridgehead atoms. The van der Waals surface area contributed by atoms with Crippen molar-refractivity contribution in [3.05, 3.63) is 29.8 Å². The van der Waals surface area contributed by atoms with E-state index in [4.69, 9.17) is 4.74 Å². The Morgan fingerprint density at radius 1 is 1.19 bits per heavy atom. The van der Waals surface area contributed by atoms with Crippen LogP contribution in [0.25, 0.3) is 0 Å². The second-order valence-corrected chi connectivity index (χ2v) is 9.37. The van der Waals surface area contributed by atoms with Gasteiger partial charge in [-0.1, -0.05) is 12.1 Å². The average Bonchev–Trinajstić information content (AvgIpc) is 2.61. The summed E-state index contributed by atoms with van der Waals surface area (Å²) in [6.45, 7) is 8.05. The zero-order valence-electron chi connectivity index (χ0n) is 19.4. The fourth-order valence-corrected chi connectivity index (χ4v) is 3.49. The van der Waals surface area contributed by atoms with E-state index in [0.29, 0.717) is 18.4 Å². The van der Waals surface area contributed by atoms with Gasteiger partial charge in [0.2, 0.25) is 11.8 Å². The molecule has 0 aliphatic heterocycles. The molecule has 4 N–H and O–H groups in total. The summed E-state index contributed by atoms with van der Waals surface area (Å²) in [6, 6.07) is 3.48. The summed E-state index contributed by atoms with van der Waals surface area (Å²) >= 11 is 0. The van der Waals surface area contributed by atoms with E-state index < -0.39 is 42.2 Å². The van der Waals surface area contributed by atoms with Crippen molar-refractivity contribution in [1.29, 1.82) is 0 Å². The van der Waals surface area contributed by atoms with Crippen molar-refractivity contribution in [1.82, 2.24) is 15.5 Å². The number of rotatable bonds is 8. The maximum Gasteiger partial charge on any atom is 0.408 e. The van der Waals surface area contributed by atoms with Crippen LogP contribution in [0.5, 0.6) is 5.75 Å². The molecule has 2 rings (SSSR count). The molecule has 1 saturated carbocycles. The van der Waals surface area contributed by atoms with Crippen LogP contribution >= 0.6 is 0 Å². The van der Waals surface area contributed by atoms with Crippen molar-refractivity contribution in [2.75, 3.05) is 6.61 Å². The number of phenolic OH excluding ortho intramolecular Hbond substituents is 1. The quantitative estimate of drug-likeness (QED) is 0.482. The van der Waals surface area contributed by atoms with E-state index >= 15 is 0 Å².